The lowest BCUT2D eigenvalue weighted by molar-refractivity contribution is -0.122. The molecule has 0 bridgehead atoms. The maximum Gasteiger partial charge on any atom is 0.316 e. The molecule has 0 spiro atoms. The Bertz CT molecular complexity index is 1750. The molecule has 1 atom stereocenters. The van der Waals surface area contributed by atoms with E-state index in [2.05, 4.69) is 36.4 Å². The molecule has 1 amide bonds. The monoisotopic (exact) mass is 639 g/mol. The number of halogens is 1. The highest BCUT2D eigenvalue weighted by Crippen LogP contribution is 2.36. The van der Waals surface area contributed by atoms with Gasteiger partial charge in [0.1, 0.15) is 17.5 Å². The summed E-state index contributed by atoms with van der Waals surface area (Å²) in [5, 5.41) is 17.6. The van der Waals surface area contributed by atoms with Gasteiger partial charge in [-0.1, -0.05) is 24.6 Å². The summed E-state index contributed by atoms with van der Waals surface area (Å²) in [5.74, 6) is 1.05. The van der Waals surface area contributed by atoms with E-state index in [1.54, 1.807) is 65.2 Å². The fraction of sp³-hybridized carbons (Fsp3) is 0.290. The molecular weight excluding hydrogens is 610 g/mol. The number of hydrogen-bond acceptors (Lipinski definition) is 12. The van der Waals surface area contributed by atoms with E-state index >= 15 is 0 Å². The van der Waals surface area contributed by atoms with E-state index in [4.69, 9.17) is 26.2 Å². The van der Waals surface area contributed by atoms with Gasteiger partial charge >= 0.3 is 6.01 Å². The number of allylic oxidation sites excluding steroid dienone is 1. The summed E-state index contributed by atoms with van der Waals surface area (Å²) in [5.41, 5.74) is 0.560. The van der Waals surface area contributed by atoms with Crippen molar-refractivity contribution in [2.75, 3.05) is 23.5 Å². The molecule has 1 unspecified atom stereocenters. The number of hydrogen-bond donors (Lipinski definition) is 1. The third kappa shape index (κ3) is 6.65. The molecular formula is C31H30ClN11O3. The zero-order valence-electron chi connectivity index (χ0n) is 24.9. The van der Waals surface area contributed by atoms with Crippen LogP contribution in [0.1, 0.15) is 32.1 Å². The van der Waals surface area contributed by atoms with Gasteiger partial charge in [-0.3, -0.25) is 29.9 Å². The number of amides is 1. The number of carbonyl (C=O) groups is 1. The molecule has 1 N–H and O–H groups in total. The molecule has 4 aromatic rings. The molecule has 46 heavy (non-hydrogen) atoms. The van der Waals surface area contributed by atoms with Gasteiger partial charge in [0.25, 0.3) is 5.91 Å². The molecule has 15 heteroatoms. The maximum absolute atomic E-state index is 14.3. The van der Waals surface area contributed by atoms with Gasteiger partial charge in [0.15, 0.2) is 24.5 Å². The highest BCUT2D eigenvalue weighted by molar-refractivity contribution is 6.14. The quantitative estimate of drug-likeness (QED) is 0.249. The minimum Gasteiger partial charge on any atom is -0.484 e. The molecule has 1 aliphatic heterocycles. The first-order valence-corrected chi connectivity index (χ1v) is 14.9. The van der Waals surface area contributed by atoms with Crippen molar-refractivity contribution in [1.82, 2.24) is 34.6 Å². The molecule has 1 saturated carbocycles. The molecule has 0 radical (unpaired) electrons. The van der Waals surface area contributed by atoms with Gasteiger partial charge < -0.3 is 9.47 Å². The van der Waals surface area contributed by atoms with Gasteiger partial charge in [-0.2, -0.15) is 9.46 Å². The van der Waals surface area contributed by atoms with Crippen LogP contribution in [0.2, 0.25) is 0 Å². The van der Waals surface area contributed by atoms with Gasteiger partial charge in [0.05, 0.1) is 30.8 Å². The lowest BCUT2D eigenvalue weighted by Gasteiger charge is -2.48. The normalized spacial score (nSPS) is 17.1. The van der Waals surface area contributed by atoms with Crippen molar-refractivity contribution in [2.45, 2.75) is 44.1 Å². The molecule has 2 aliphatic rings. The number of nitriles is 1. The maximum atomic E-state index is 14.3. The van der Waals surface area contributed by atoms with Crippen LogP contribution in [-0.4, -0.2) is 67.0 Å². The van der Waals surface area contributed by atoms with Crippen molar-refractivity contribution < 1.29 is 14.3 Å². The Kier molecular flexibility index (Phi) is 9.13. The summed E-state index contributed by atoms with van der Waals surface area (Å²) in [7, 11) is 1.49. The standard InChI is InChI=1S/C31H30ClN11O3/c1-45-30-37-16-23(17-38-30)25-18-35-27(19-34-25)43(28(44)21-46-24-8-4-2-5-9-24)31(11-6-3-7-12-31)39-29-36-15-22(14-33)20-41(29)26-10-13-42(32)40-26/h2,4-5,8-10,13,15-20,29,39H,3,6-7,11-12,21H2,1H3. The minimum atomic E-state index is -0.948. The first kappa shape index (κ1) is 30.6. The van der Waals surface area contributed by atoms with Crippen LogP contribution in [0.4, 0.5) is 11.6 Å². The summed E-state index contributed by atoms with van der Waals surface area (Å²) >= 11 is 6.08. The highest BCUT2D eigenvalue weighted by Gasteiger charge is 2.45. The largest absolute Gasteiger partial charge is 0.484 e. The first-order valence-electron chi connectivity index (χ1n) is 14.6. The SMILES string of the molecule is COc1ncc(-c2cnc(N(C(=O)COc3ccccc3)C3(NC4N=CC(C#N)=CN4c4ccn(Cl)n4)CCCCC3)cn2)cn1. The van der Waals surface area contributed by atoms with Crippen LogP contribution in [0.15, 0.2) is 84.1 Å². The van der Waals surface area contributed by atoms with Crippen molar-refractivity contribution in [2.24, 2.45) is 4.99 Å². The molecule has 4 heterocycles. The highest BCUT2D eigenvalue weighted by atomic mass is 35.5. The number of ether oxygens (including phenoxy) is 2. The van der Waals surface area contributed by atoms with E-state index in [1.165, 1.54) is 13.3 Å². The van der Waals surface area contributed by atoms with Gasteiger partial charge in [-0.15, -0.1) is 5.10 Å². The zero-order valence-corrected chi connectivity index (χ0v) is 25.7. The second kappa shape index (κ2) is 13.7. The molecule has 1 aliphatic carbocycles. The van der Waals surface area contributed by atoms with Gasteiger partial charge in [0, 0.05) is 54.4 Å². The van der Waals surface area contributed by atoms with Crippen LogP contribution in [0, 0.1) is 11.3 Å². The zero-order chi connectivity index (χ0) is 31.9. The van der Waals surface area contributed by atoms with Crippen molar-refractivity contribution >= 4 is 35.5 Å². The van der Waals surface area contributed by atoms with Gasteiger partial charge in [-0.25, -0.2) is 15.0 Å². The summed E-state index contributed by atoms with van der Waals surface area (Å²) in [6, 6.07) is 13.2. The van der Waals surface area contributed by atoms with E-state index in [1.807, 2.05) is 18.2 Å². The Balaban J connectivity index is 1.37. The van der Waals surface area contributed by atoms with Crippen molar-refractivity contribution in [3.63, 3.8) is 0 Å². The van der Waals surface area contributed by atoms with Crippen LogP contribution in [-0.2, 0) is 4.79 Å². The number of rotatable bonds is 10. The Morgan fingerprint density at radius 3 is 2.52 bits per heavy atom. The second-order valence-corrected chi connectivity index (χ2v) is 11.0. The number of nitrogens with zero attached hydrogens (tertiary/aromatic N) is 10. The average Bonchev–Trinajstić information content (AvgIpc) is 3.54. The fourth-order valence-electron chi connectivity index (χ4n) is 5.52. The summed E-state index contributed by atoms with van der Waals surface area (Å²) < 4.78 is 12.1. The minimum absolute atomic E-state index is 0.239. The van der Waals surface area contributed by atoms with E-state index in [9.17, 15) is 10.1 Å². The number of para-hydroxylation sites is 1. The molecule has 234 valence electrons. The van der Waals surface area contributed by atoms with E-state index in [-0.39, 0.29) is 18.5 Å². The van der Waals surface area contributed by atoms with E-state index in [0.29, 0.717) is 47.1 Å². The number of aliphatic imine (C=N–C) groups is 1. The number of methoxy groups -OCH3 is 1. The van der Waals surface area contributed by atoms with Crippen molar-refractivity contribution in [1.29, 1.82) is 5.26 Å². The first-order chi connectivity index (χ1) is 22.5. The number of carbonyl (C=O) groups excluding carboxylic acids is 1. The van der Waals surface area contributed by atoms with Crippen molar-refractivity contribution in [3.8, 4) is 29.1 Å². The molecule has 1 fully saturated rings. The number of anilines is 2. The van der Waals surface area contributed by atoms with Crippen LogP contribution in [0.5, 0.6) is 11.8 Å². The number of aromatic nitrogens is 6. The van der Waals surface area contributed by atoms with Crippen LogP contribution in [0.3, 0.4) is 0 Å². The molecule has 0 saturated heterocycles. The Hall–Kier alpha value is -5.39. The number of nitrogens with one attached hydrogen (secondary N) is 1. The van der Waals surface area contributed by atoms with E-state index < -0.39 is 12.0 Å². The predicted molar refractivity (Wildman–Crippen MR) is 170 cm³/mol. The molecule has 6 rings (SSSR count). The topological polar surface area (TPSA) is 160 Å². The predicted octanol–water partition coefficient (Wildman–Crippen LogP) is 4.08. The smallest absolute Gasteiger partial charge is 0.316 e. The molecule has 14 nitrogen and oxygen atoms in total. The molecule has 1 aromatic carbocycles. The number of benzene rings is 1. The lowest BCUT2D eigenvalue weighted by Crippen LogP contribution is -2.67. The van der Waals surface area contributed by atoms with E-state index in [0.717, 1.165) is 23.5 Å². The fourth-order valence-corrected chi connectivity index (χ4v) is 5.66. The Labute approximate surface area is 270 Å². The van der Waals surface area contributed by atoms with Crippen LogP contribution in [0.25, 0.3) is 11.3 Å². The van der Waals surface area contributed by atoms with Gasteiger partial charge in [0.2, 0.25) is 0 Å². The Morgan fingerprint density at radius 2 is 1.87 bits per heavy atom. The second-order valence-electron chi connectivity index (χ2n) is 10.6. The Morgan fingerprint density at radius 1 is 1.09 bits per heavy atom. The summed E-state index contributed by atoms with van der Waals surface area (Å²) in [4.78, 5) is 39.9. The van der Waals surface area contributed by atoms with Crippen molar-refractivity contribution in [3.05, 3.63) is 79.2 Å². The third-order valence-corrected chi connectivity index (χ3v) is 7.86. The summed E-state index contributed by atoms with van der Waals surface area (Å²) in [6.45, 7) is -0.240. The van der Waals surface area contributed by atoms with Crippen LogP contribution < -0.4 is 24.6 Å². The lowest BCUT2D eigenvalue weighted by atomic mass is 9.87. The molecule has 3 aromatic heterocycles. The van der Waals surface area contributed by atoms with Crippen LogP contribution >= 0.6 is 11.8 Å². The summed E-state index contributed by atoms with van der Waals surface area (Å²) in [6.07, 6.45) is 14.2. The average molecular weight is 640 g/mol. The third-order valence-electron chi connectivity index (χ3n) is 7.67. The van der Waals surface area contributed by atoms with Gasteiger partial charge in [-0.05, 0) is 37.8 Å².